The van der Waals surface area contributed by atoms with Gasteiger partial charge in [-0.25, -0.2) is 8.42 Å². The lowest BCUT2D eigenvalue weighted by molar-refractivity contribution is 0.251. The van der Waals surface area contributed by atoms with E-state index in [-0.39, 0.29) is 29.7 Å². The molecule has 0 aromatic heterocycles. The van der Waals surface area contributed by atoms with Crippen LogP contribution in [0.3, 0.4) is 0 Å². The zero-order valence-corrected chi connectivity index (χ0v) is 20.3. The lowest BCUT2D eigenvalue weighted by Crippen LogP contribution is -2.57. The lowest BCUT2D eigenvalue weighted by Gasteiger charge is -2.39. The van der Waals surface area contributed by atoms with Crippen LogP contribution in [0.5, 0.6) is 0 Å². The molecule has 2 aliphatic heterocycles. The van der Waals surface area contributed by atoms with Gasteiger partial charge in [0.15, 0.2) is 15.8 Å². The van der Waals surface area contributed by atoms with Crippen LogP contribution < -0.4 is 5.32 Å². The molecule has 0 unspecified atom stereocenters. The second kappa shape index (κ2) is 9.75. The number of halogens is 1. The Hall–Kier alpha value is -0.870. The van der Waals surface area contributed by atoms with Crippen LogP contribution in [0, 0.1) is 0 Å². The fraction of sp³-hybridized carbons (Fsp3) is 0.650. The topological polar surface area (TPSA) is 65.0 Å². The quantitative estimate of drug-likeness (QED) is 0.285. The first kappa shape index (κ1) is 23.4. The number of sulfone groups is 1. The van der Waals surface area contributed by atoms with Crippen LogP contribution in [-0.2, 0) is 22.8 Å². The number of fused-ring (bicyclic) bond motifs is 1. The third-order valence-corrected chi connectivity index (χ3v) is 8.23. The highest BCUT2D eigenvalue weighted by atomic mass is 127. The second-order valence-corrected chi connectivity index (χ2v) is 10.9. The summed E-state index contributed by atoms with van der Waals surface area (Å²) in [5, 5.41) is 3.42. The zero-order chi connectivity index (χ0) is 19.5. The number of guanidine groups is 1. The molecule has 0 radical (unpaired) electrons. The van der Waals surface area contributed by atoms with Gasteiger partial charge in [-0.15, -0.1) is 24.0 Å². The Morgan fingerprint density at radius 1 is 1.21 bits per heavy atom. The molecule has 3 rings (SSSR count). The van der Waals surface area contributed by atoms with Crippen molar-refractivity contribution in [3.05, 3.63) is 35.4 Å². The van der Waals surface area contributed by atoms with Gasteiger partial charge in [-0.1, -0.05) is 24.3 Å². The largest absolute Gasteiger partial charge is 0.356 e. The van der Waals surface area contributed by atoms with E-state index in [4.69, 9.17) is 0 Å². The minimum absolute atomic E-state index is 0. The van der Waals surface area contributed by atoms with Crippen LogP contribution in [-0.4, -0.2) is 74.4 Å². The van der Waals surface area contributed by atoms with Gasteiger partial charge in [0.25, 0.3) is 0 Å². The molecule has 0 amide bonds. The smallest absolute Gasteiger partial charge is 0.193 e. The van der Waals surface area contributed by atoms with Crippen molar-refractivity contribution < 1.29 is 8.42 Å². The maximum absolute atomic E-state index is 12.2. The molecule has 1 saturated heterocycles. The number of nitrogens with zero attached hydrogens (tertiary/aromatic N) is 3. The summed E-state index contributed by atoms with van der Waals surface area (Å²) in [5.74, 6) is 0.996. The van der Waals surface area contributed by atoms with E-state index in [1.807, 2.05) is 0 Å². The fourth-order valence-electron chi connectivity index (χ4n) is 3.90. The van der Waals surface area contributed by atoms with Gasteiger partial charge in [0, 0.05) is 46.3 Å². The number of aliphatic imine (C=N–C) groups is 1. The van der Waals surface area contributed by atoms with Gasteiger partial charge in [-0.2, -0.15) is 0 Å². The SMILES string of the molecule is CN=C(NCCCN1CCc2ccccc2C1)N1CCS(=O)(=O)C(C)(C)C1.I. The fourth-order valence-corrected chi connectivity index (χ4v) is 5.27. The summed E-state index contributed by atoms with van der Waals surface area (Å²) in [4.78, 5) is 8.93. The van der Waals surface area contributed by atoms with Crippen LogP contribution in [0.4, 0.5) is 0 Å². The monoisotopic (exact) mass is 520 g/mol. The van der Waals surface area contributed by atoms with Crippen molar-refractivity contribution in [2.75, 3.05) is 45.5 Å². The van der Waals surface area contributed by atoms with E-state index in [9.17, 15) is 8.42 Å². The summed E-state index contributed by atoms with van der Waals surface area (Å²) in [7, 11) is -1.27. The standard InChI is InChI=1S/C20H32N4O2S.HI/c1-20(2)16-24(13-14-27(20,25)26)19(21-3)22-10-6-11-23-12-9-17-7-4-5-8-18(17)15-23;/h4-5,7-8H,6,9-16H2,1-3H3,(H,21,22);1H. The summed E-state index contributed by atoms with van der Waals surface area (Å²) in [6.45, 7) is 8.64. The molecular weight excluding hydrogens is 487 g/mol. The molecule has 0 spiro atoms. The summed E-state index contributed by atoms with van der Waals surface area (Å²) in [6, 6.07) is 8.71. The number of hydrogen-bond acceptors (Lipinski definition) is 4. The van der Waals surface area contributed by atoms with E-state index in [1.54, 1.807) is 20.9 Å². The first-order valence-electron chi connectivity index (χ1n) is 9.79. The zero-order valence-electron chi connectivity index (χ0n) is 17.1. The molecule has 1 aromatic rings. The molecule has 0 bridgehead atoms. The van der Waals surface area contributed by atoms with E-state index in [1.165, 1.54) is 11.1 Å². The average Bonchev–Trinajstić information content (AvgIpc) is 2.64. The predicted octanol–water partition coefficient (Wildman–Crippen LogP) is 2.14. The van der Waals surface area contributed by atoms with Crippen molar-refractivity contribution in [2.24, 2.45) is 4.99 Å². The van der Waals surface area contributed by atoms with Crippen LogP contribution >= 0.6 is 24.0 Å². The predicted molar refractivity (Wildman–Crippen MR) is 126 cm³/mol. The third kappa shape index (κ3) is 5.38. The Morgan fingerprint density at radius 3 is 2.61 bits per heavy atom. The molecular formula is C20H33IN4O2S. The lowest BCUT2D eigenvalue weighted by atomic mass is 10.00. The Labute approximate surface area is 186 Å². The maximum atomic E-state index is 12.2. The minimum atomic E-state index is -3.03. The molecule has 28 heavy (non-hydrogen) atoms. The van der Waals surface area contributed by atoms with Gasteiger partial charge in [0.2, 0.25) is 0 Å². The van der Waals surface area contributed by atoms with Crippen LogP contribution in [0.2, 0.25) is 0 Å². The molecule has 1 fully saturated rings. The number of hydrogen-bond donors (Lipinski definition) is 1. The van der Waals surface area contributed by atoms with Crippen molar-refractivity contribution in [3.63, 3.8) is 0 Å². The molecule has 158 valence electrons. The Bertz CT molecular complexity index is 795. The van der Waals surface area contributed by atoms with E-state index in [0.29, 0.717) is 13.1 Å². The van der Waals surface area contributed by atoms with Gasteiger partial charge in [0.1, 0.15) is 0 Å². The number of benzene rings is 1. The summed E-state index contributed by atoms with van der Waals surface area (Å²) >= 11 is 0. The van der Waals surface area contributed by atoms with Gasteiger partial charge in [0.05, 0.1) is 10.5 Å². The van der Waals surface area contributed by atoms with E-state index >= 15 is 0 Å². The van der Waals surface area contributed by atoms with Crippen molar-refractivity contribution in [1.82, 2.24) is 15.1 Å². The minimum Gasteiger partial charge on any atom is -0.356 e. The molecule has 0 saturated carbocycles. The molecule has 8 heteroatoms. The highest BCUT2D eigenvalue weighted by Crippen LogP contribution is 2.23. The van der Waals surface area contributed by atoms with Crippen LogP contribution in [0.15, 0.2) is 29.3 Å². The first-order chi connectivity index (χ1) is 12.8. The van der Waals surface area contributed by atoms with Gasteiger partial charge in [-0.3, -0.25) is 9.89 Å². The molecule has 0 atom stereocenters. The summed E-state index contributed by atoms with van der Waals surface area (Å²) < 4.78 is 23.6. The summed E-state index contributed by atoms with van der Waals surface area (Å²) in [5.41, 5.74) is 2.93. The Kier molecular flexibility index (Phi) is 8.16. The number of rotatable bonds is 4. The molecule has 1 aromatic carbocycles. The van der Waals surface area contributed by atoms with Gasteiger partial charge >= 0.3 is 0 Å². The molecule has 0 aliphatic carbocycles. The summed E-state index contributed by atoms with van der Waals surface area (Å²) in [6.07, 6.45) is 2.17. The molecule has 6 nitrogen and oxygen atoms in total. The first-order valence-corrected chi connectivity index (χ1v) is 11.4. The normalized spacial score (nSPS) is 21.5. The van der Waals surface area contributed by atoms with E-state index in [2.05, 4.69) is 44.4 Å². The highest BCUT2D eigenvalue weighted by Gasteiger charge is 2.40. The van der Waals surface area contributed by atoms with Crippen molar-refractivity contribution >= 4 is 39.8 Å². The Balaban J connectivity index is 0.00000280. The highest BCUT2D eigenvalue weighted by molar-refractivity contribution is 14.0. The van der Waals surface area contributed by atoms with Crippen molar-refractivity contribution in [2.45, 2.75) is 38.0 Å². The maximum Gasteiger partial charge on any atom is 0.193 e. The third-order valence-electron chi connectivity index (χ3n) is 5.70. The van der Waals surface area contributed by atoms with Gasteiger partial charge in [-0.05, 0) is 37.8 Å². The van der Waals surface area contributed by atoms with Crippen molar-refractivity contribution in [3.8, 4) is 0 Å². The molecule has 1 N–H and O–H groups in total. The Morgan fingerprint density at radius 2 is 1.93 bits per heavy atom. The average molecular weight is 520 g/mol. The van der Waals surface area contributed by atoms with Gasteiger partial charge < -0.3 is 10.2 Å². The molecule has 2 aliphatic rings. The number of nitrogens with one attached hydrogen (secondary N) is 1. The van der Waals surface area contributed by atoms with Crippen LogP contribution in [0.1, 0.15) is 31.4 Å². The second-order valence-electron chi connectivity index (χ2n) is 8.12. The van der Waals surface area contributed by atoms with Crippen LogP contribution in [0.25, 0.3) is 0 Å². The van der Waals surface area contributed by atoms with E-state index < -0.39 is 14.6 Å². The van der Waals surface area contributed by atoms with Crippen molar-refractivity contribution in [1.29, 1.82) is 0 Å². The molecule has 2 heterocycles. The van der Waals surface area contributed by atoms with E-state index in [0.717, 1.165) is 45.0 Å².